The normalized spacial score (nSPS) is 13.4. The number of aryl methyl sites for hydroxylation is 1. The number of hydrogen-bond acceptors (Lipinski definition) is 1. The molecule has 0 spiro atoms. The Hall–Kier alpha value is -2.38. The number of hydrogen-bond donors (Lipinski definition) is 0. The lowest BCUT2D eigenvalue weighted by Crippen LogP contribution is -2.28. The van der Waals surface area contributed by atoms with E-state index in [1.54, 1.807) is 0 Å². The van der Waals surface area contributed by atoms with E-state index in [-0.39, 0.29) is 0 Å². The van der Waals surface area contributed by atoms with E-state index < -0.39 is 0 Å². The summed E-state index contributed by atoms with van der Waals surface area (Å²) in [5.41, 5.74) is 5.77. The molecule has 0 aliphatic rings. The van der Waals surface area contributed by atoms with Crippen molar-refractivity contribution in [3.05, 3.63) is 107 Å². The van der Waals surface area contributed by atoms with Crippen LogP contribution in [0.4, 0.5) is 0 Å². The smallest absolute Gasteiger partial charge is 0.00471 e. The Bertz CT molecular complexity index is 823. The van der Waals surface area contributed by atoms with Gasteiger partial charge in [0.05, 0.1) is 0 Å². The molecule has 0 radical (unpaired) electrons. The topological polar surface area (TPSA) is 3.24 Å². The van der Waals surface area contributed by atoms with Crippen molar-refractivity contribution >= 4 is 0 Å². The van der Waals surface area contributed by atoms with Crippen molar-refractivity contribution in [1.29, 1.82) is 0 Å². The van der Waals surface area contributed by atoms with Gasteiger partial charge >= 0.3 is 0 Å². The van der Waals surface area contributed by atoms with Gasteiger partial charge in [0, 0.05) is 12.5 Å². The maximum Gasteiger partial charge on any atom is 0.00471 e. The summed E-state index contributed by atoms with van der Waals surface area (Å²) in [6.07, 6.45) is 3.30. The van der Waals surface area contributed by atoms with Crippen molar-refractivity contribution in [2.24, 2.45) is 5.92 Å². The molecular formula is C27H33N. The Kier molecular flexibility index (Phi) is 7.45. The Morgan fingerprint density at radius 1 is 0.679 bits per heavy atom. The van der Waals surface area contributed by atoms with Crippen LogP contribution in [0.15, 0.2) is 84.9 Å². The van der Waals surface area contributed by atoms with Gasteiger partial charge < -0.3 is 4.90 Å². The molecule has 0 aliphatic carbocycles. The van der Waals surface area contributed by atoms with Crippen LogP contribution in [-0.2, 0) is 19.3 Å². The highest BCUT2D eigenvalue weighted by molar-refractivity contribution is 5.27. The van der Waals surface area contributed by atoms with E-state index in [4.69, 9.17) is 0 Å². The Morgan fingerprint density at radius 2 is 1.25 bits per heavy atom. The van der Waals surface area contributed by atoms with Crippen LogP contribution in [0.5, 0.6) is 0 Å². The molecular weight excluding hydrogens is 338 g/mol. The third-order valence-electron chi connectivity index (χ3n) is 5.60. The highest BCUT2D eigenvalue weighted by Crippen LogP contribution is 2.31. The van der Waals surface area contributed by atoms with E-state index >= 15 is 0 Å². The summed E-state index contributed by atoms with van der Waals surface area (Å²) < 4.78 is 0. The third kappa shape index (κ3) is 5.81. The van der Waals surface area contributed by atoms with Crippen LogP contribution < -0.4 is 0 Å². The van der Waals surface area contributed by atoms with E-state index in [0.29, 0.717) is 11.8 Å². The first-order chi connectivity index (χ1) is 13.7. The first-order valence-corrected chi connectivity index (χ1v) is 10.5. The monoisotopic (exact) mass is 371 g/mol. The molecule has 3 aromatic rings. The van der Waals surface area contributed by atoms with Gasteiger partial charge in [0.1, 0.15) is 0 Å². The summed E-state index contributed by atoms with van der Waals surface area (Å²) >= 11 is 0. The molecule has 0 saturated heterocycles. The minimum atomic E-state index is 0.502. The standard InChI is InChI=1S/C27H33N/c1-4-22-14-11-15-24(18-22)20-26(19-23-12-7-5-8-13-23)27(21-28(2)3)25-16-9-6-10-17-25/h5-18,26-27H,4,19-21H2,1-3H3/t26?,27-/m0/s1. The summed E-state index contributed by atoms with van der Waals surface area (Å²) in [4.78, 5) is 2.33. The molecule has 0 bridgehead atoms. The molecule has 3 aromatic carbocycles. The fourth-order valence-corrected chi connectivity index (χ4v) is 4.17. The van der Waals surface area contributed by atoms with E-state index in [9.17, 15) is 0 Å². The fraction of sp³-hybridized carbons (Fsp3) is 0.333. The van der Waals surface area contributed by atoms with Crippen LogP contribution in [0.25, 0.3) is 0 Å². The van der Waals surface area contributed by atoms with Crippen LogP contribution >= 0.6 is 0 Å². The number of likely N-dealkylation sites (N-methyl/N-ethyl adjacent to an activating group) is 1. The maximum atomic E-state index is 2.40. The zero-order valence-corrected chi connectivity index (χ0v) is 17.5. The lowest BCUT2D eigenvalue weighted by Gasteiger charge is -2.30. The molecule has 0 aliphatic heterocycles. The molecule has 28 heavy (non-hydrogen) atoms. The van der Waals surface area contributed by atoms with Crippen molar-refractivity contribution in [2.45, 2.75) is 32.1 Å². The van der Waals surface area contributed by atoms with Gasteiger partial charge in [0.25, 0.3) is 0 Å². The molecule has 1 unspecified atom stereocenters. The molecule has 3 rings (SSSR count). The van der Waals surface area contributed by atoms with Crippen LogP contribution in [0.2, 0.25) is 0 Å². The highest BCUT2D eigenvalue weighted by Gasteiger charge is 2.24. The van der Waals surface area contributed by atoms with E-state index in [2.05, 4.69) is 111 Å². The van der Waals surface area contributed by atoms with Crippen LogP contribution in [0.3, 0.4) is 0 Å². The Balaban J connectivity index is 1.94. The molecule has 0 fully saturated rings. The lowest BCUT2D eigenvalue weighted by molar-refractivity contribution is 0.304. The first-order valence-electron chi connectivity index (χ1n) is 10.5. The van der Waals surface area contributed by atoms with Crippen LogP contribution in [0, 0.1) is 5.92 Å². The highest BCUT2D eigenvalue weighted by atomic mass is 15.1. The van der Waals surface area contributed by atoms with Gasteiger partial charge in [0.2, 0.25) is 0 Å². The average Bonchev–Trinajstić information content (AvgIpc) is 2.73. The summed E-state index contributed by atoms with van der Waals surface area (Å²) in [5, 5.41) is 0. The van der Waals surface area contributed by atoms with Gasteiger partial charge in [-0.3, -0.25) is 0 Å². The SMILES string of the molecule is CCc1cccc(CC(Cc2ccccc2)[C@@H](CN(C)C)c2ccccc2)c1. The number of benzene rings is 3. The number of nitrogens with zero attached hydrogens (tertiary/aromatic N) is 1. The van der Waals surface area contributed by atoms with E-state index in [0.717, 1.165) is 25.8 Å². The van der Waals surface area contributed by atoms with Crippen molar-refractivity contribution in [3.8, 4) is 0 Å². The van der Waals surface area contributed by atoms with Gasteiger partial charge in [-0.2, -0.15) is 0 Å². The second kappa shape index (κ2) is 10.2. The van der Waals surface area contributed by atoms with Gasteiger partial charge in [-0.25, -0.2) is 0 Å². The lowest BCUT2D eigenvalue weighted by atomic mass is 9.78. The van der Waals surface area contributed by atoms with Crippen molar-refractivity contribution in [3.63, 3.8) is 0 Å². The summed E-state index contributed by atoms with van der Waals surface area (Å²) in [5.74, 6) is 1.06. The molecule has 0 amide bonds. The maximum absolute atomic E-state index is 2.40. The molecule has 0 saturated carbocycles. The molecule has 2 atom stereocenters. The molecule has 1 heteroatoms. The second-order valence-corrected chi connectivity index (χ2v) is 8.11. The van der Waals surface area contributed by atoms with E-state index in [1.165, 1.54) is 22.3 Å². The fourth-order valence-electron chi connectivity index (χ4n) is 4.17. The summed E-state index contributed by atoms with van der Waals surface area (Å²) in [6.45, 7) is 3.30. The predicted molar refractivity (Wildman–Crippen MR) is 121 cm³/mol. The largest absolute Gasteiger partial charge is 0.309 e. The second-order valence-electron chi connectivity index (χ2n) is 8.11. The quantitative estimate of drug-likeness (QED) is 0.446. The molecule has 0 aromatic heterocycles. The van der Waals surface area contributed by atoms with Gasteiger partial charge in [-0.15, -0.1) is 0 Å². The van der Waals surface area contributed by atoms with Crippen molar-refractivity contribution in [1.82, 2.24) is 4.90 Å². The number of rotatable bonds is 9. The van der Waals surface area contributed by atoms with Crippen LogP contribution in [-0.4, -0.2) is 25.5 Å². The Labute approximate surface area is 171 Å². The minimum Gasteiger partial charge on any atom is -0.309 e. The molecule has 146 valence electrons. The van der Waals surface area contributed by atoms with Gasteiger partial charge in [-0.05, 0) is 61.5 Å². The zero-order chi connectivity index (χ0) is 19.8. The minimum absolute atomic E-state index is 0.502. The molecule has 0 heterocycles. The zero-order valence-electron chi connectivity index (χ0n) is 17.5. The van der Waals surface area contributed by atoms with Gasteiger partial charge in [0.15, 0.2) is 0 Å². The Morgan fingerprint density at radius 3 is 1.89 bits per heavy atom. The van der Waals surface area contributed by atoms with E-state index in [1.807, 2.05) is 0 Å². The van der Waals surface area contributed by atoms with Crippen molar-refractivity contribution in [2.75, 3.05) is 20.6 Å². The molecule has 1 nitrogen and oxygen atoms in total. The third-order valence-corrected chi connectivity index (χ3v) is 5.60. The average molecular weight is 372 g/mol. The van der Waals surface area contributed by atoms with Gasteiger partial charge in [-0.1, -0.05) is 91.9 Å². The summed E-state index contributed by atoms with van der Waals surface area (Å²) in [7, 11) is 4.38. The predicted octanol–water partition coefficient (Wildman–Crippen LogP) is 6.00. The first kappa shape index (κ1) is 20.4. The molecule has 0 N–H and O–H groups in total. The van der Waals surface area contributed by atoms with Crippen molar-refractivity contribution < 1.29 is 0 Å². The summed E-state index contributed by atoms with van der Waals surface area (Å²) in [6, 6.07) is 31.2. The van der Waals surface area contributed by atoms with Crippen LogP contribution in [0.1, 0.15) is 35.1 Å².